The Morgan fingerprint density at radius 2 is 2.14 bits per heavy atom. The molecule has 22 heavy (non-hydrogen) atoms. The van der Waals surface area contributed by atoms with Crippen molar-refractivity contribution in [1.82, 2.24) is 10.2 Å². The fourth-order valence-corrected chi connectivity index (χ4v) is 2.46. The first kappa shape index (κ1) is 18.7. The van der Waals surface area contributed by atoms with Crippen LogP contribution in [-0.4, -0.2) is 54.7 Å². The lowest BCUT2D eigenvalue weighted by molar-refractivity contribution is -0.138. The third kappa shape index (κ3) is 5.46. The van der Waals surface area contributed by atoms with Gasteiger partial charge in [-0.05, 0) is 6.07 Å². The Morgan fingerprint density at radius 3 is 2.82 bits per heavy atom. The number of carboxylic acid groups (broad SMARTS) is 1. The highest BCUT2D eigenvalue weighted by molar-refractivity contribution is 6.31. The van der Waals surface area contributed by atoms with Gasteiger partial charge in [0.15, 0.2) is 0 Å². The quantitative estimate of drug-likeness (QED) is 0.839. The maximum absolute atomic E-state index is 11.6. The van der Waals surface area contributed by atoms with Crippen molar-refractivity contribution in [2.24, 2.45) is 0 Å². The Labute approximate surface area is 139 Å². The Bertz CT molecular complexity index is 527. The number of carbonyl (C=O) groups excluding carboxylic acids is 1. The number of halogens is 2. The summed E-state index contributed by atoms with van der Waals surface area (Å²) in [6, 6.07) is 7.45. The Morgan fingerprint density at radius 1 is 1.41 bits per heavy atom. The third-order valence-electron chi connectivity index (χ3n) is 3.21. The van der Waals surface area contributed by atoms with Crippen LogP contribution in [0.3, 0.4) is 0 Å². The number of hydrogen-bond donors (Lipinski definition) is 2. The Hall–Kier alpha value is -1.34. The van der Waals surface area contributed by atoms with Crippen LogP contribution in [0.2, 0.25) is 5.02 Å². The molecule has 1 unspecified atom stereocenters. The summed E-state index contributed by atoms with van der Waals surface area (Å²) in [5, 5.41) is 11.5. The second-order valence-electron chi connectivity index (χ2n) is 4.79. The molecule has 1 aromatic rings. The van der Waals surface area contributed by atoms with Gasteiger partial charge >= 0.3 is 5.97 Å². The smallest absolute Gasteiger partial charge is 0.322 e. The van der Waals surface area contributed by atoms with E-state index in [1.54, 1.807) is 6.07 Å². The van der Waals surface area contributed by atoms with Crippen LogP contribution in [0.1, 0.15) is 11.7 Å². The molecule has 1 amide bonds. The van der Waals surface area contributed by atoms with Gasteiger partial charge in [0, 0.05) is 23.7 Å². The fraction of sp³-hybridized carbons (Fsp3) is 0.429. The average Bonchev–Trinajstić information content (AvgIpc) is 2.46. The van der Waals surface area contributed by atoms with E-state index in [1.165, 1.54) is 0 Å². The molecule has 1 aliphatic rings. The molecule has 8 heteroatoms. The van der Waals surface area contributed by atoms with Crippen LogP contribution in [0.4, 0.5) is 0 Å². The van der Waals surface area contributed by atoms with Crippen LogP contribution < -0.4 is 5.32 Å². The molecule has 0 spiro atoms. The van der Waals surface area contributed by atoms with E-state index in [4.69, 9.17) is 21.4 Å². The highest BCUT2D eigenvalue weighted by Gasteiger charge is 2.24. The molecule has 1 aromatic carbocycles. The minimum Gasteiger partial charge on any atom is -0.480 e. The highest BCUT2D eigenvalue weighted by atomic mass is 35.5. The number of nitrogens with one attached hydrogen (secondary N) is 1. The fourth-order valence-electron chi connectivity index (χ4n) is 2.20. The number of amides is 1. The molecule has 1 saturated heterocycles. The van der Waals surface area contributed by atoms with Crippen LogP contribution in [0, 0.1) is 0 Å². The predicted octanol–water partition coefficient (Wildman–Crippen LogP) is 1.34. The van der Waals surface area contributed by atoms with Gasteiger partial charge in [-0.25, -0.2) is 0 Å². The number of morpholine rings is 1. The number of rotatable bonds is 5. The van der Waals surface area contributed by atoms with E-state index >= 15 is 0 Å². The SMILES string of the molecule is Cl.O=C(O)CNC(=O)CN1CCOC(c2ccccc2Cl)C1. The molecular formula is C14H18Cl2N2O4. The molecule has 122 valence electrons. The minimum absolute atomic E-state index is 0. The molecule has 0 aliphatic carbocycles. The van der Waals surface area contributed by atoms with Gasteiger partial charge < -0.3 is 15.2 Å². The number of benzene rings is 1. The van der Waals surface area contributed by atoms with Gasteiger partial charge in [0.2, 0.25) is 5.91 Å². The van der Waals surface area contributed by atoms with E-state index in [1.807, 2.05) is 23.1 Å². The number of aliphatic carboxylic acids is 1. The molecule has 0 aromatic heterocycles. The van der Waals surface area contributed by atoms with Crippen LogP contribution in [0.15, 0.2) is 24.3 Å². The molecule has 6 nitrogen and oxygen atoms in total. The summed E-state index contributed by atoms with van der Waals surface area (Å²) < 4.78 is 5.70. The van der Waals surface area contributed by atoms with Crippen LogP contribution in [-0.2, 0) is 14.3 Å². The molecule has 1 atom stereocenters. The number of nitrogens with zero attached hydrogens (tertiary/aromatic N) is 1. The third-order valence-corrected chi connectivity index (χ3v) is 3.55. The van der Waals surface area contributed by atoms with Crippen molar-refractivity contribution in [2.45, 2.75) is 6.10 Å². The van der Waals surface area contributed by atoms with Gasteiger partial charge in [-0.15, -0.1) is 12.4 Å². The lowest BCUT2D eigenvalue weighted by Gasteiger charge is -2.32. The molecule has 1 aliphatic heterocycles. The Kier molecular flexibility index (Phi) is 7.61. The van der Waals surface area contributed by atoms with Crippen molar-refractivity contribution < 1.29 is 19.4 Å². The molecule has 2 N–H and O–H groups in total. The summed E-state index contributed by atoms with van der Waals surface area (Å²) in [6.07, 6.45) is -0.181. The molecule has 1 heterocycles. The normalized spacial score (nSPS) is 18.3. The van der Waals surface area contributed by atoms with E-state index in [-0.39, 0.29) is 37.5 Å². The standard InChI is InChI=1S/C14H17ClN2O4.ClH/c15-11-4-2-1-3-10(11)12-8-17(5-6-21-12)9-13(18)16-7-14(19)20;/h1-4,12H,5-9H2,(H,16,18)(H,19,20);1H. The van der Waals surface area contributed by atoms with Crippen molar-refractivity contribution in [1.29, 1.82) is 0 Å². The first-order valence-corrected chi connectivity index (χ1v) is 7.01. The zero-order valence-electron chi connectivity index (χ0n) is 11.8. The van der Waals surface area contributed by atoms with E-state index in [0.29, 0.717) is 24.7 Å². The van der Waals surface area contributed by atoms with E-state index in [2.05, 4.69) is 5.32 Å². The predicted molar refractivity (Wildman–Crippen MR) is 84.5 cm³/mol. The van der Waals surface area contributed by atoms with Crippen molar-refractivity contribution in [2.75, 3.05) is 32.8 Å². The van der Waals surface area contributed by atoms with Gasteiger partial charge in [0.25, 0.3) is 0 Å². The van der Waals surface area contributed by atoms with E-state index in [0.717, 1.165) is 5.56 Å². The van der Waals surface area contributed by atoms with Gasteiger partial charge in [-0.3, -0.25) is 14.5 Å². The van der Waals surface area contributed by atoms with Gasteiger partial charge in [-0.2, -0.15) is 0 Å². The van der Waals surface area contributed by atoms with Crippen LogP contribution in [0.25, 0.3) is 0 Å². The van der Waals surface area contributed by atoms with E-state index < -0.39 is 5.97 Å². The largest absolute Gasteiger partial charge is 0.480 e. The van der Waals surface area contributed by atoms with Gasteiger partial charge in [-0.1, -0.05) is 29.8 Å². The van der Waals surface area contributed by atoms with Gasteiger partial charge in [0.1, 0.15) is 6.54 Å². The molecule has 0 bridgehead atoms. The number of carbonyl (C=O) groups is 2. The summed E-state index contributed by atoms with van der Waals surface area (Å²) in [4.78, 5) is 24.0. The Balaban J connectivity index is 0.00000242. The number of ether oxygens (including phenoxy) is 1. The van der Waals surface area contributed by atoms with Crippen molar-refractivity contribution in [3.63, 3.8) is 0 Å². The lowest BCUT2D eigenvalue weighted by atomic mass is 10.1. The average molecular weight is 349 g/mol. The first-order valence-electron chi connectivity index (χ1n) is 6.63. The van der Waals surface area contributed by atoms with Gasteiger partial charge in [0.05, 0.1) is 19.3 Å². The maximum Gasteiger partial charge on any atom is 0.322 e. The topological polar surface area (TPSA) is 78.9 Å². The second kappa shape index (κ2) is 8.95. The number of carboxylic acids is 1. The lowest BCUT2D eigenvalue weighted by Crippen LogP contribution is -2.45. The molecule has 0 radical (unpaired) electrons. The molecule has 0 saturated carbocycles. The molecule has 2 rings (SSSR count). The zero-order chi connectivity index (χ0) is 15.2. The van der Waals surface area contributed by atoms with E-state index in [9.17, 15) is 9.59 Å². The summed E-state index contributed by atoms with van der Waals surface area (Å²) in [5.74, 6) is -1.36. The first-order chi connectivity index (χ1) is 10.1. The summed E-state index contributed by atoms with van der Waals surface area (Å²) >= 11 is 6.15. The molecule has 1 fully saturated rings. The van der Waals surface area contributed by atoms with Crippen LogP contribution >= 0.6 is 24.0 Å². The van der Waals surface area contributed by atoms with Crippen molar-refractivity contribution in [3.05, 3.63) is 34.9 Å². The van der Waals surface area contributed by atoms with Crippen molar-refractivity contribution in [3.8, 4) is 0 Å². The monoisotopic (exact) mass is 348 g/mol. The summed E-state index contributed by atoms with van der Waals surface area (Å²) in [6.45, 7) is 1.46. The summed E-state index contributed by atoms with van der Waals surface area (Å²) in [7, 11) is 0. The number of hydrogen-bond acceptors (Lipinski definition) is 4. The maximum atomic E-state index is 11.6. The van der Waals surface area contributed by atoms with Crippen LogP contribution in [0.5, 0.6) is 0 Å². The minimum atomic E-state index is -1.06. The highest BCUT2D eigenvalue weighted by Crippen LogP contribution is 2.28. The summed E-state index contributed by atoms with van der Waals surface area (Å²) in [5.41, 5.74) is 0.898. The second-order valence-corrected chi connectivity index (χ2v) is 5.19. The van der Waals surface area contributed by atoms with Crippen molar-refractivity contribution >= 4 is 35.9 Å². The zero-order valence-corrected chi connectivity index (χ0v) is 13.4. The molecular weight excluding hydrogens is 331 g/mol.